The van der Waals surface area contributed by atoms with E-state index in [9.17, 15) is 14.9 Å². The molecule has 1 saturated carbocycles. The van der Waals surface area contributed by atoms with E-state index in [4.69, 9.17) is 0 Å². The van der Waals surface area contributed by atoms with E-state index < -0.39 is 5.41 Å². The highest BCUT2D eigenvalue weighted by Gasteiger charge is 2.43. The molecular weight excluding hydrogens is 352 g/mol. The number of carbonyl (C=O) groups is 2. The Morgan fingerprint density at radius 1 is 1.14 bits per heavy atom. The van der Waals surface area contributed by atoms with Gasteiger partial charge in [0.1, 0.15) is 5.41 Å². The Morgan fingerprint density at radius 3 is 2.61 bits per heavy atom. The molecule has 6 heteroatoms. The van der Waals surface area contributed by atoms with Gasteiger partial charge in [-0.3, -0.25) is 14.5 Å². The molecule has 2 amide bonds. The molecule has 3 fully saturated rings. The van der Waals surface area contributed by atoms with Gasteiger partial charge in [-0.1, -0.05) is 37.5 Å². The number of fused-ring (bicyclic) bond motifs is 2. The van der Waals surface area contributed by atoms with Crippen molar-refractivity contribution in [2.45, 2.75) is 50.6 Å². The molecule has 1 aromatic carbocycles. The zero-order valence-electron chi connectivity index (χ0n) is 16.3. The average Bonchev–Trinajstić information content (AvgIpc) is 3.17. The summed E-state index contributed by atoms with van der Waals surface area (Å²) < 4.78 is 0. The van der Waals surface area contributed by atoms with Crippen LogP contribution in [0, 0.1) is 16.7 Å². The first kappa shape index (κ1) is 18.9. The molecule has 3 aliphatic rings. The molecule has 2 aliphatic heterocycles. The smallest absolute Gasteiger partial charge is 0.254 e. The van der Waals surface area contributed by atoms with E-state index in [2.05, 4.69) is 16.3 Å². The van der Waals surface area contributed by atoms with Crippen LogP contribution in [0.2, 0.25) is 0 Å². The Balaban J connectivity index is 1.41. The van der Waals surface area contributed by atoms with Gasteiger partial charge in [0, 0.05) is 43.8 Å². The minimum Gasteiger partial charge on any atom is -0.353 e. The van der Waals surface area contributed by atoms with Gasteiger partial charge in [-0.15, -0.1) is 0 Å². The Labute approximate surface area is 166 Å². The minimum atomic E-state index is -0.861. The van der Waals surface area contributed by atoms with Gasteiger partial charge >= 0.3 is 0 Å². The summed E-state index contributed by atoms with van der Waals surface area (Å²) in [6.07, 6.45) is 5.28. The van der Waals surface area contributed by atoms with Crippen LogP contribution in [0.1, 0.15) is 48.9 Å². The topological polar surface area (TPSA) is 76.4 Å². The summed E-state index contributed by atoms with van der Waals surface area (Å²) in [5, 5.41) is 12.7. The lowest BCUT2D eigenvalue weighted by Gasteiger charge is -2.40. The number of benzene rings is 1. The van der Waals surface area contributed by atoms with Gasteiger partial charge in [0.2, 0.25) is 5.91 Å². The molecular formula is C22H28N4O2. The quantitative estimate of drug-likeness (QED) is 0.869. The molecule has 2 bridgehead atoms. The van der Waals surface area contributed by atoms with Crippen molar-refractivity contribution in [3.63, 3.8) is 0 Å². The molecule has 3 atom stereocenters. The highest BCUT2D eigenvalue weighted by molar-refractivity contribution is 5.94. The van der Waals surface area contributed by atoms with E-state index in [-0.39, 0.29) is 23.9 Å². The number of hydrogen-bond donors (Lipinski definition) is 1. The molecule has 1 unspecified atom stereocenters. The zero-order valence-corrected chi connectivity index (χ0v) is 16.3. The Hall–Kier alpha value is -2.39. The SMILES string of the molecule is N#CC1(C(=O)NC[C@@H]2CN(C(=O)c3ccccc3)[C@H]3CCN2C3)CCCCC1. The van der Waals surface area contributed by atoms with Gasteiger partial charge in [0.25, 0.3) is 5.91 Å². The second-order valence-corrected chi connectivity index (χ2v) is 8.38. The number of amides is 2. The van der Waals surface area contributed by atoms with Crippen LogP contribution in [0.5, 0.6) is 0 Å². The molecule has 1 aromatic rings. The molecule has 0 spiro atoms. The zero-order chi connectivity index (χ0) is 19.6. The van der Waals surface area contributed by atoms with Crippen LogP contribution in [0.15, 0.2) is 30.3 Å². The highest BCUT2D eigenvalue weighted by Crippen LogP contribution is 2.36. The number of rotatable bonds is 4. The van der Waals surface area contributed by atoms with Gasteiger partial charge in [0.15, 0.2) is 0 Å². The fourth-order valence-electron chi connectivity index (χ4n) is 4.96. The number of piperazine rings is 1. The highest BCUT2D eigenvalue weighted by atomic mass is 16.2. The van der Waals surface area contributed by atoms with Crippen LogP contribution in [0.4, 0.5) is 0 Å². The van der Waals surface area contributed by atoms with E-state index in [1.807, 2.05) is 35.2 Å². The van der Waals surface area contributed by atoms with Crippen molar-refractivity contribution in [2.24, 2.45) is 5.41 Å². The number of nitriles is 1. The van der Waals surface area contributed by atoms with Gasteiger partial charge in [0.05, 0.1) is 6.07 Å². The third-order valence-electron chi connectivity index (χ3n) is 6.70. The maximum absolute atomic E-state index is 13.0. The molecule has 148 valence electrons. The maximum Gasteiger partial charge on any atom is 0.254 e. The van der Waals surface area contributed by atoms with E-state index in [0.717, 1.165) is 44.3 Å². The predicted octanol–water partition coefficient (Wildman–Crippen LogP) is 2.18. The van der Waals surface area contributed by atoms with Crippen LogP contribution in [-0.4, -0.2) is 59.9 Å². The van der Waals surface area contributed by atoms with E-state index >= 15 is 0 Å². The van der Waals surface area contributed by atoms with Crippen molar-refractivity contribution in [2.75, 3.05) is 26.2 Å². The summed E-state index contributed by atoms with van der Waals surface area (Å²) in [6.45, 7) is 2.93. The lowest BCUT2D eigenvalue weighted by molar-refractivity contribution is -0.129. The van der Waals surface area contributed by atoms with Crippen LogP contribution in [0.25, 0.3) is 0 Å². The third kappa shape index (κ3) is 3.51. The maximum atomic E-state index is 13.0. The summed E-state index contributed by atoms with van der Waals surface area (Å²) in [7, 11) is 0. The van der Waals surface area contributed by atoms with Crippen molar-refractivity contribution < 1.29 is 9.59 Å². The fourth-order valence-corrected chi connectivity index (χ4v) is 4.96. The first-order valence-electron chi connectivity index (χ1n) is 10.4. The van der Waals surface area contributed by atoms with Gasteiger partial charge < -0.3 is 10.2 Å². The molecule has 1 aliphatic carbocycles. The average molecular weight is 380 g/mol. The fraction of sp³-hybridized carbons (Fsp3) is 0.591. The van der Waals surface area contributed by atoms with Crippen molar-refractivity contribution in [3.05, 3.63) is 35.9 Å². The number of nitrogens with one attached hydrogen (secondary N) is 1. The largest absolute Gasteiger partial charge is 0.353 e. The summed E-state index contributed by atoms with van der Waals surface area (Å²) in [5.41, 5.74) is -0.142. The predicted molar refractivity (Wildman–Crippen MR) is 105 cm³/mol. The lowest BCUT2D eigenvalue weighted by Crippen LogP contribution is -2.58. The van der Waals surface area contributed by atoms with Crippen LogP contribution in [0.3, 0.4) is 0 Å². The van der Waals surface area contributed by atoms with E-state index in [1.54, 1.807) is 0 Å². The van der Waals surface area contributed by atoms with Crippen molar-refractivity contribution in [1.82, 2.24) is 15.1 Å². The molecule has 4 rings (SSSR count). The second kappa shape index (κ2) is 7.92. The summed E-state index contributed by atoms with van der Waals surface area (Å²) in [5.74, 6) is -0.0544. The van der Waals surface area contributed by atoms with Crippen molar-refractivity contribution in [3.8, 4) is 6.07 Å². The Bertz CT molecular complexity index is 766. The lowest BCUT2D eigenvalue weighted by atomic mass is 9.74. The van der Waals surface area contributed by atoms with Gasteiger partial charge in [-0.2, -0.15) is 5.26 Å². The number of nitrogens with zero attached hydrogens (tertiary/aromatic N) is 3. The minimum absolute atomic E-state index is 0.0734. The molecule has 0 aromatic heterocycles. The van der Waals surface area contributed by atoms with Gasteiger partial charge in [-0.25, -0.2) is 0 Å². The molecule has 28 heavy (non-hydrogen) atoms. The van der Waals surface area contributed by atoms with Crippen LogP contribution in [-0.2, 0) is 4.79 Å². The molecule has 1 N–H and O–H groups in total. The molecule has 2 heterocycles. The van der Waals surface area contributed by atoms with Crippen LogP contribution >= 0.6 is 0 Å². The number of carbonyl (C=O) groups excluding carboxylic acids is 2. The first-order valence-corrected chi connectivity index (χ1v) is 10.4. The summed E-state index contributed by atoms with van der Waals surface area (Å²) in [4.78, 5) is 30.2. The first-order chi connectivity index (χ1) is 13.6. The Morgan fingerprint density at radius 2 is 1.89 bits per heavy atom. The van der Waals surface area contributed by atoms with Crippen LogP contribution < -0.4 is 5.32 Å². The Kier molecular flexibility index (Phi) is 5.36. The second-order valence-electron chi connectivity index (χ2n) is 8.38. The monoisotopic (exact) mass is 380 g/mol. The standard InChI is InChI=1S/C22H28N4O2/c23-16-22(10-5-2-6-11-22)21(28)24-13-19-15-26(18-9-12-25(19)14-18)20(27)17-7-3-1-4-8-17/h1,3-4,7-8,18-19H,2,5-6,9-15H2,(H,24,28)/t18-,19+/m0/s1. The molecule has 2 saturated heterocycles. The van der Waals surface area contributed by atoms with E-state index in [0.29, 0.717) is 25.9 Å². The normalized spacial score (nSPS) is 28.4. The molecule has 0 radical (unpaired) electrons. The van der Waals surface area contributed by atoms with Crippen molar-refractivity contribution >= 4 is 11.8 Å². The molecule has 6 nitrogen and oxygen atoms in total. The third-order valence-corrected chi connectivity index (χ3v) is 6.70. The van der Waals surface area contributed by atoms with Gasteiger partial charge in [-0.05, 0) is 31.4 Å². The summed E-state index contributed by atoms with van der Waals surface area (Å²) >= 11 is 0. The van der Waals surface area contributed by atoms with E-state index in [1.165, 1.54) is 0 Å². The summed E-state index contributed by atoms with van der Waals surface area (Å²) in [6, 6.07) is 12.1. The number of hydrogen-bond acceptors (Lipinski definition) is 4. The van der Waals surface area contributed by atoms with Crippen molar-refractivity contribution in [1.29, 1.82) is 5.26 Å².